The van der Waals surface area contributed by atoms with Gasteiger partial charge in [0.1, 0.15) is 6.04 Å². The number of aliphatic hydroxyl groups is 1. The fourth-order valence-electron chi connectivity index (χ4n) is 3.34. The van der Waals surface area contributed by atoms with Crippen LogP contribution in [-0.4, -0.2) is 47.1 Å². The molecule has 1 aliphatic heterocycles. The first-order chi connectivity index (χ1) is 11.2. The van der Waals surface area contributed by atoms with E-state index in [9.17, 15) is 9.59 Å². The minimum Gasteiger partial charge on any atom is -0.396 e. The molecule has 126 valence electrons. The molecule has 1 aromatic rings. The highest BCUT2D eigenvalue weighted by atomic mass is 32.1. The van der Waals surface area contributed by atoms with Crippen LogP contribution in [0.1, 0.15) is 37.0 Å². The van der Waals surface area contributed by atoms with Gasteiger partial charge in [0.2, 0.25) is 11.8 Å². The standard InChI is InChI=1S/C17H24N2O3S/c20-9-7-14(12-5-6-12)18-17(22)15-4-1-8-19(15)16(21)11-13-3-2-10-23-13/h2-3,10,12,14-15,20H,1,4-9,11H2,(H,18,22). The van der Waals surface area contributed by atoms with Gasteiger partial charge in [-0.2, -0.15) is 0 Å². The van der Waals surface area contributed by atoms with E-state index in [-0.39, 0.29) is 30.5 Å². The van der Waals surface area contributed by atoms with Crippen molar-refractivity contribution in [2.75, 3.05) is 13.2 Å². The van der Waals surface area contributed by atoms with Crippen LogP contribution < -0.4 is 5.32 Å². The van der Waals surface area contributed by atoms with Crippen LogP contribution in [0.15, 0.2) is 17.5 Å². The number of nitrogens with zero attached hydrogens (tertiary/aromatic N) is 1. The van der Waals surface area contributed by atoms with Crippen LogP contribution in [0.25, 0.3) is 0 Å². The summed E-state index contributed by atoms with van der Waals surface area (Å²) in [5.74, 6) is 0.491. The normalized spacial score (nSPS) is 22.1. The van der Waals surface area contributed by atoms with E-state index < -0.39 is 0 Å². The van der Waals surface area contributed by atoms with Crippen molar-refractivity contribution in [1.29, 1.82) is 0 Å². The lowest BCUT2D eigenvalue weighted by molar-refractivity contribution is -0.138. The van der Waals surface area contributed by atoms with E-state index >= 15 is 0 Å². The fourth-order valence-corrected chi connectivity index (χ4v) is 4.04. The van der Waals surface area contributed by atoms with Crippen molar-refractivity contribution >= 4 is 23.2 Å². The largest absolute Gasteiger partial charge is 0.396 e. The average molecular weight is 336 g/mol. The fraction of sp³-hybridized carbons (Fsp3) is 0.647. The molecule has 1 aliphatic carbocycles. The summed E-state index contributed by atoms with van der Waals surface area (Å²) in [6.45, 7) is 0.753. The van der Waals surface area contributed by atoms with Crippen LogP contribution in [0.5, 0.6) is 0 Å². The van der Waals surface area contributed by atoms with E-state index in [2.05, 4.69) is 5.32 Å². The Morgan fingerprint density at radius 1 is 1.39 bits per heavy atom. The number of rotatable bonds is 7. The van der Waals surface area contributed by atoms with Crippen LogP contribution in [0, 0.1) is 5.92 Å². The Bertz CT molecular complexity index is 542. The molecule has 1 saturated heterocycles. The smallest absolute Gasteiger partial charge is 0.243 e. The van der Waals surface area contributed by atoms with Gasteiger partial charge in [-0.05, 0) is 49.5 Å². The van der Waals surface area contributed by atoms with Gasteiger partial charge in [0, 0.05) is 24.1 Å². The SMILES string of the molecule is O=C(NC(CCO)C1CC1)C1CCCN1C(=O)Cc1cccs1. The van der Waals surface area contributed by atoms with Crippen molar-refractivity contribution in [2.45, 2.75) is 50.6 Å². The second-order valence-electron chi connectivity index (χ2n) is 6.47. The molecule has 2 amide bonds. The van der Waals surface area contributed by atoms with Crippen molar-refractivity contribution < 1.29 is 14.7 Å². The second kappa shape index (κ2) is 7.45. The van der Waals surface area contributed by atoms with Gasteiger partial charge in [-0.3, -0.25) is 9.59 Å². The summed E-state index contributed by atoms with van der Waals surface area (Å²) in [5.41, 5.74) is 0. The summed E-state index contributed by atoms with van der Waals surface area (Å²) in [6, 6.07) is 3.61. The molecule has 2 atom stereocenters. The molecule has 2 fully saturated rings. The molecule has 6 heteroatoms. The zero-order valence-electron chi connectivity index (χ0n) is 13.2. The highest BCUT2D eigenvalue weighted by molar-refractivity contribution is 7.10. The van der Waals surface area contributed by atoms with Gasteiger partial charge in [0.25, 0.3) is 0 Å². The highest BCUT2D eigenvalue weighted by Gasteiger charge is 2.37. The lowest BCUT2D eigenvalue weighted by Crippen LogP contribution is -2.49. The van der Waals surface area contributed by atoms with Crippen molar-refractivity contribution in [1.82, 2.24) is 10.2 Å². The van der Waals surface area contributed by atoms with Gasteiger partial charge in [-0.15, -0.1) is 11.3 Å². The van der Waals surface area contributed by atoms with Crippen LogP contribution >= 0.6 is 11.3 Å². The van der Waals surface area contributed by atoms with Crippen LogP contribution in [0.4, 0.5) is 0 Å². The number of likely N-dealkylation sites (tertiary alicyclic amines) is 1. The maximum Gasteiger partial charge on any atom is 0.243 e. The van der Waals surface area contributed by atoms with Crippen LogP contribution in [0.2, 0.25) is 0 Å². The number of carbonyl (C=O) groups is 2. The van der Waals surface area contributed by atoms with Crippen molar-refractivity contribution in [3.8, 4) is 0 Å². The summed E-state index contributed by atoms with van der Waals surface area (Å²) in [7, 11) is 0. The third kappa shape index (κ3) is 4.12. The van der Waals surface area contributed by atoms with Crippen molar-refractivity contribution in [3.63, 3.8) is 0 Å². The quantitative estimate of drug-likeness (QED) is 0.794. The summed E-state index contributed by atoms with van der Waals surface area (Å²) in [4.78, 5) is 27.9. The highest BCUT2D eigenvalue weighted by Crippen LogP contribution is 2.34. The number of carbonyl (C=O) groups excluding carboxylic acids is 2. The van der Waals surface area contributed by atoms with E-state index in [0.29, 0.717) is 25.3 Å². The number of nitrogens with one attached hydrogen (secondary N) is 1. The molecule has 2 N–H and O–H groups in total. The maximum absolute atomic E-state index is 12.6. The molecule has 0 aromatic carbocycles. The Kier molecular flexibility index (Phi) is 5.33. The molecule has 0 radical (unpaired) electrons. The van der Waals surface area contributed by atoms with Crippen LogP contribution in [0.3, 0.4) is 0 Å². The summed E-state index contributed by atoms with van der Waals surface area (Å²) in [5, 5.41) is 14.2. The average Bonchev–Trinajstić information content (AvgIpc) is 3.04. The summed E-state index contributed by atoms with van der Waals surface area (Å²) < 4.78 is 0. The Balaban J connectivity index is 1.58. The molecule has 0 spiro atoms. The van der Waals surface area contributed by atoms with Gasteiger partial charge in [0.15, 0.2) is 0 Å². The molecule has 0 bridgehead atoms. The predicted octanol–water partition coefficient (Wildman–Crippen LogP) is 1.56. The van der Waals surface area contributed by atoms with E-state index in [4.69, 9.17) is 5.11 Å². The topological polar surface area (TPSA) is 69.6 Å². The molecule has 1 aromatic heterocycles. The third-order valence-corrected chi connectivity index (χ3v) is 5.62. The molecule has 5 nitrogen and oxygen atoms in total. The lowest BCUT2D eigenvalue weighted by Gasteiger charge is -2.26. The Morgan fingerprint density at radius 3 is 2.87 bits per heavy atom. The third-order valence-electron chi connectivity index (χ3n) is 4.74. The van der Waals surface area contributed by atoms with Gasteiger partial charge in [-0.1, -0.05) is 6.07 Å². The molecule has 3 rings (SSSR count). The first-order valence-corrected chi connectivity index (χ1v) is 9.30. The van der Waals surface area contributed by atoms with Gasteiger partial charge in [-0.25, -0.2) is 0 Å². The Hall–Kier alpha value is -1.40. The number of hydrogen-bond acceptors (Lipinski definition) is 4. The molecular weight excluding hydrogens is 312 g/mol. The molecule has 2 heterocycles. The summed E-state index contributed by atoms with van der Waals surface area (Å²) in [6.07, 6.45) is 4.84. The van der Waals surface area contributed by atoms with E-state index in [1.165, 1.54) is 0 Å². The van der Waals surface area contributed by atoms with Gasteiger partial charge < -0.3 is 15.3 Å². The van der Waals surface area contributed by atoms with Gasteiger partial charge >= 0.3 is 0 Å². The first-order valence-electron chi connectivity index (χ1n) is 8.42. The number of thiophene rings is 1. The maximum atomic E-state index is 12.6. The first kappa shape index (κ1) is 16.5. The van der Waals surface area contributed by atoms with Crippen molar-refractivity contribution in [3.05, 3.63) is 22.4 Å². The molecular formula is C17H24N2O3S. The Morgan fingerprint density at radius 2 is 2.22 bits per heavy atom. The number of hydrogen-bond donors (Lipinski definition) is 2. The summed E-state index contributed by atoms with van der Waals surface area (Å²) >= 11 is 1.57. The predicted molar refractivity (Wildman–Crippen MR) is 89.1 cm³/mol. The minimum atomic E-state index is -0.345. The Labute approximate surface area is 140 Å². The zero-order valence-corrected chi connectivity index (χ0v) is 14.1. The lowest BCUT2D eigenvalue weighted by atomic mass is 10.1. The molecule has 2 unspecified atom stereocenters. The monoisotopic (exact) mass is 336 g/mol. The molecule has 2 aliphatic rings. The van der Waals surface area contributed by atoms with E-state index in [0.717, 1.165) is 30.6 Å². The minimum absolute atomic E-state index is 0.0373. The van der Waals surface area contributed by atoms with Crippen LogP contribution in [-0.2, 0) is 16.0 Å². The molecule has 23 heavy (non-hydrogen) atoms. The van der Waals surface area contributed by atoms with E-state index in [1.807, 2.05) is 17.5 Å². The number of aliphatic hydroxyl groups excluding tert-OH is 1. The van der Waals surface area contributed by atoms with Gasteiger partial charge in [0.05, 0.1) is 6.42 Å². The zero-order chi connectivity index (χ0) is 16.2. The second-order valence-corrected chi connectivity index (χ2v) is 7.50. The van der Waals surface area contributed by atoms with Crippen molar-refractivity contribution in [2.24, 2.45) is 5.92 Å². The van der Waals surface area contributed by atoms with E-state index in [1.54, 1.807) is 16.2 Å². The number of amides is 2. The molecule has 1 saturated carbocycles.